The number of nitrogens with zero attached hydrogens (tertiary/aromatic N) is 4. The summed E-state index contributed by atoms with van der Waals surface area (Å²) in [6, 6.07) is 5.64. The van der Waals surface area contributed by atoms with Crippen molar-refractivity contribution in [1.29, 1.82) is 0 Å². The standard InChI is InChI=1S/C11H8N4O4/c12-14-13-8-3-1-7(2-4-8)11(19-15-18)9(16)5-6-10(11)17/h1-4H,5-6H2. The Morgan fingerprint density at radius 1 is 1.16 bits per heavy atom. The fraction of sp³-hybridized carbons (Fsp3) is 0.273. The van der Waals surface area contributed by atoms with E-state index in [0.717, 1.165) is 0 Å². The maximum atomic E-state index is 11.9. The molecule has 0 unspecified atom stereocenters. The van der Waals surface area contributed by atoms with Crippen LogP contribution in [0.15, 0.2) is 34.7 Å². The minimum Gasteiger partial charge on any atom is -0.336 e. The Kier molecular flexibility index (Phi) is 3.26. The van der Waals surface area contributed by atoms with Crippen molar-refractivity contribution in [3.63, 3.8) is 0 Å². The number of ketones is 2. The SMILES string of the molecule is [N-]=[N+]=Nc1ccc(C2(ON=O)C(=O)CCC2=O)cc1. The number of hydrogen-bond donors (Lipinski definition) is 0. The Bertz CT molecular complexity index is 573. The topological polar surface area (TPSA) is 122 Å². The fourth-order valence-electron chi connectivity index (χ4n) is 2.08. The molecule has 96 valence electrons. The first-order valence-corrected chi connectivity index (χ1v) is 5.38. The molecule has 0 amide bonds. The van der Waals surface area contributed by atoms with Crippen LogP contribution in [0.25, 0.3) is 10.4 Å². The quantitative estimate of drug-likeness (QED) is 0.206. The molecule has 0 bridgehead atoms. The lowest BCUT2D eigenvalue weighted by Gasteiger charge is -2.21. The normalized spacial score (nSPS) is 16.8. The van der Waals surface area contributed by atoms with Crippen LogP contribution in [0.2, 0.25) is 0 Å². The van der Waals surface area contributed by atoms with Gasteiger partial charge in [-0.1, -0.05) is 29.4 Å². The van der Waals surface area contributed by atoms with E-state index in [2.05, 4.69) is 20.2 Å². The van der Waals surface area contributed by atoms with Gasteiger partial charge < -0.3 is 4.84 Å². The van der Waals surface area contributed by atoms with Crippen molar-refractivity contribution in [3.8, 4) is 0 Å². The molecule has 0 spiro atoms. The molecule has 1 aromatic rings. The first kappa shape index (κ1) is 12.7. The second-order valence-corrected chi connectivity index (χ2v) is 3.93. The van der Waals surface area contributed by atoms with Gasteiger partial charge in [0.25, 0.3) is 5.60 Å². The predicted octanol–water partition coefficient (Wildman–Crippen LogP) is 2.45. The van der Waals surface area contributed by atoms with E-state index in [1.54, 1.807) is 0 Å². The molecular weight excluding hydrogens is 252 g/mol. The number of carbonyl (C=O) groups is 2. The predicted molar refractivity (Wildman–Crippen MR) is 63.1 cm³/mol. The van der Waals surface area contributed by atoms with Crippen molar-refractivity contribution in [3.05, 3.63) is 45.2 Å². The van der Waals surface area contributed by atoms with Crippen LogP contribution in [-0.4, -0.2) is 11.6 Å². The molecule has 1 aliphatic rings. The maximum Gasteiger partial charge on any atom is 0.280 e. The molecule has 0 N–H and O–H groups in total. The number of Topliss-reactive ketones (excluding diaryl/α,β-unsaturated/α-hetero) is 2. The molecule has 0 atom stereocenters. The van der Waals surface area contributed by atoms with Gasteiger partial charge in [-0.3, -0.25) is 9.59 Å². The van der Waals surface area contributed by atoms with Crippen LogP contribution in [0, 0.1) is 4.91 Å². The highest BCUT2D eigenvalue weighted by molar-refractivity contribution is 6.16. The molecule has 0 aliphatic heterocycles. The molecule has 0 radical (unpaired) electrons. The lowest BCUT2D eigenvalue weighted by atomic mass is 9.90. The van der Waals surface area contributed by atoms with Crippen molar-refractivity contribution in [2.45, 2.75) is 18.4 Å². The summed E-state index contributed by atoms with van der Waals surface area (Å²) in [5, 5.41) is 5.62. The van der Waals surface area contributed by atoms with E-state index in [4.69, 9.17) is 5.53 Å². The lowest BCUT2D eigenvalue weighted by Crippen LogP contribution is -2.39. The van der Waals surface area contributed by atoms with Gasteiger partial charge in [-0.2, -0.15) is 0 Å². The Hall–Kier alpha value is -2.73. The van der Waals surface area contributed by atoms with Gasteiger partial charge in [0.2, 0.25) is 0 Å². The second kappa shape index (κ2) is 4.87. The molecule has 1 aliphatic carbocycles. The van der Waals surface area contributed by atoms with Crippen LogP contribution >= 0.6 is 0 Å². The molecule has 0 aromatic heterocycles. The van der Waals surface area contributed by atoms with Crippen LogP contribution in [0.3, 0.4) is 0 Å². The van der Waals surface area contributed by atoms with E-state index in [-0.39, 0.29) is 18.4 Å². The first-order chi connectivity index (χ1) is 9.15. The molecule has 2 rings (SSSR count). The molecule has 8 nitrogen and oxygen atoms in total. The van der Waals surface area contributed by atoms with E-state index in [9.17, 15) is 14.5 Å². The monoisotopic (exact) mass is 260 g/mol. The van der Waals surface area contributed by atoms with Crippen LogP contribution in [-0.2, 0) is 20.0 Å². The molecule has 1 saturated carbocycles. The van der Waals surface area contributed by atoms with Crippen molar-refractivity contribution in [2.75, 3.05) is 0 Å². The highest BCUT2D eigenvalue weighted by atomic mass is 16.7. The average Bonchev–Trinajstić information content (AvgIpc) is 2.69. The minimum absolute atomic E-state index is 0.00640. The van der Waals surface area contributed by atoms with Gasteiger partial charge in [0.1, 0.15) is 0 Å². The van der Waals surface area contributed by atoms with E-state index in [0.29, 0.717) is 5.69 Å². The maximum absolute atomic E-state index is 11.9. The van der Waals surface area contributed by atoms with Crippen molar-refractivity contribution in [2.24, 2.45) is 10.5 Å². The van der Waals surface area contributed by atoms with Crippen LogP contribution in [0.4, 0.5) is 5.69 Å². The van der Waals surface area contributed by atoms with Crippen LogP contribution in [0.1, 0.15) is 18.4 Å². The smallest absolute Gasteiger partial charge is 0.280 e. The molecule has 1 aromatic carbocycles. The van der Waals surface area contributed by atoms with Crippen molar-refractivity contribution in [1.82, 2.24) is 0 Å². The van der Waals surface area contributed by atoms with E-state index in [1.807, 2.05) is 0 Å². The second-order valence-electron chi connectivity index (χ2n) is 3.93. The van der Waals surface area contributed by atoms with E-state index >= 15 is 0 Å². The summed E-state index contributed by atoms with van der Waals surface area (Å²) in [4.78, 5) is 41.3. The van der Waals surface area contributed by atoms with Crippen molar-refractivity contribution >= 4 is 17.3 Å². The Morgan fingerprint density at radius 2 is 1.74 bits per heavy atom. The zero-order chi connectivity index (χ0) is 13.9. The molecule has 1 fully saturated rings. The summed E-state index contributed by atoms with van der Waals surface area (Å²) in [7, 11) is 0. The van der Waals surface area contributed by atoms with Gasteiger partial charge in [-0.25, -0.2) is 0 Å². The van der Waals surface area contributed by atoms with Gasteiger partial charge in [-0.15, -0.1) is 4.91 Å². The summed E-state index contributed by atoms with van der Waals surface area (Å²) in [5.74, 6) is -1.01. The zero-order valence-electron chi connectivity index (χ0n) is 9.65. The molecular formula is C11H8N4O4. The number of benzene rings is 1. The van der Waals surface area contributed by atoms with E-state index in [1.165, 1.54) is 24.3 Å². The number of azide groups is 1. The third-order valence-corrected chi connectivity index (χ3v) is 2.97. The molecule has 0 saturated heterocycles. The highest BCUT2D eigenvalue weighted by Gasteiger charge is 2.54. The summed E-state index contributed by atoms with van der Waals surface area (Å²) in [6.07, 6.45) is 0.0128. The summed E-state index contributed by atoms with van der Waals surface area (Å²) < 4.78 is 0. The lowest BCUT2D eigenvalue weighted by molar-refractivity contribution is -0.153. The molecule has 8 heteroatoms. The third kappa shape index (κ3) is 1.94. The summed E-state index contributed by atoms with van der Waals surface area (Å²) >= 11 is 0. The summed E-state index contributed by atoms with van der Waals surface area (Å²) in [5.41, 5.74) is 6.86. The van der Waals surface area contributed by atoms with Gasteiger partial charge in [0.15, 0.2) is 16.9 Å². The fourth-order valence-corrected chi connectivity index (χ4v) is 2.08. The Labute approximate surface area is 106 Å². The first-order valence-electron chi connectivity index (χ1n) is 5.38. The number of hydrogen-bond acceptors (Lipinski definition) is 6. The van der Waals surface area contributed by atoms with E-state index < -0.39 is 17.2 Å². The highest BCUT2D eigenvalue weighted by Crippen LogP contribution is 2.37. The van der Waals surface area contributed by atoms with Gasteiger partial charge in [-0.05, 0) is 5.53 Å². The molecule has 19 heavy (non-hydrogen) atoms. The van der Waals surface area contributed by atoms with Gasteiger partial charge >= 0.3 is 0 Å². The molecule has 0 heterocycles. The Balaban J connectivity index is 2.50. The number of rotatable bonds is 4. The summed E-state index contributed by atoms with van der Waals surface area (Å²) in [6.45, 7) is 0. The third-order valence-electron chi connectivity index (χ3n) is 2.97. The largest absolute Gasteiger partial charge is 0.336 e. The van der Waals surface area contributed by atoms with Crippen LogP contribution < -0.4 is 0 Å². The minimum atomic E-state index is -1.95. The van der Waals surface area contributed by atoms with Crippen LogP contribution in [0.5, 0.6) is 0 Å². The Morgan fingerprint density at radius 3 is 2.21 bits per heavy atom. The average molecular weight is 260 g/mol. The van der Waals surface area contributed by atoms with Gasteiger partial charge in [0.05, 0.1) is 0 Å². The van der Waals surface area contributed by atoms with Crippen molar-refractivity contribution < 1.29 is 14.4 Å². The number of carbonyl (C=O) groups excluding carboxylic acids is 2. The van der Waals surface area contributed by atoms with Gasteiger partial charge in [0, 0.05) is 29.0 Å². The zero-order valence-corrected chi connectivity index (χ0v) is 9.65.